The molecule has 0 unspecified atom stereocenters. The summed E-state index contributed by atoms with van der Waals surface area (Å²) in [5, 5.41) is 7.29. The van der Waals surface area contributed by atoms with Crippen molar-refractivity contribution in [3.05, 3.63) is 90.5 Å². The standard InChI is InChI=1S/C36H39FN8O3S/c1-7-44-22-30(29-20-25(37)10-14-32(29)44)34-28-16-17-45(49(47,48)27-12-8-23(2)9-13-27)35(28)41-36(40-34)39-26-11-15-33(31(21-26)38-24(3)46)43(6)19-18-42(4)5/h8-17,20-22H,7,18-19H2,1-6H3,(H,38,46)(H,39,40,41). The highest BCUT2D eigenvalue weighted by Crippen LogP contribution is 2.37. The molecule has 2 N–H and O–H groups in total. The van der Waals surface area contributed by atoms with Crippen molar-refractivity contribution in [2.24, 2.45) is 0 Å². The molecule has 6 aromatic rings. The zero-order valence-corrected chi connectivity index (χ0v) is 29.1. The van der Waals surface area contributed by atoms with Gasteiger partial charge in [-0.05, 0) is 82.5 Å². The molecule has 11 nitrogen and oxygen atoms in total. The van der Waals surface area contributed by atoms with E-state index in [-0.39, 0.29) is 22.4 Å². The Kier molecular flexibility index (Phi) is 9.14. The predicted molar refractivity (Wildman–Crippen MR) is 194 cm³/mol. The van der Waals surface area contributed by atoms with Gasteiger partial charge in [-0.3, -0.25) is 4.79 Å². The minimum Gasteiger partial charge on any atom is -0.372 e. The summed E-state index contributed by atoms with van der Waals surface area (Å²) in [7, 11) is 1.91. The molecule has 0 saturated carbocycles. The normalized spacial score (nSPS) is 11.8. The largest absolute Gasteiger partial charge is 0.372 e. The lowest BCUT2D eigenvalue weighted by molar-refractivity contribution is -0.114. The van der Waals surface area contributed by atoms with Gasteiger partial charge in [-0.25, -0.2) is 21.8 Å². The van der Waals surface area contributed by atoms with Crippen LogP contribution < -0.4 is 15.5 Å². The zero-order valence-electron chi connectivity index (χ0n) is 28.3. The third-order valence-electron chi connectivity index (χ3n) is 8.38. The molecule has 0 spiro atoms. The maximum Gasteiger partial charge on any atom is 0.269 e. The van der Waals surface area contributed by atoms with Crippen LogP contribution in [0.2, 0.25) is 0 Å². The highest BCUT2D eigenvalue weighted by molar-refractivity contribution is 7.90. The van der Waals surface area contributed by atoms with Crippen LogP contribution in [-0.4, -0.2) is 72.0 Å². The van der Waals surface area contributed by atoms with Crippen molar-refractivity contribution in [1.29, 1.82) is 0 Å². The molecule has 1 amide bonds. The van der Waals surface area contributed by atoms with Crippen LogP contribution in [-0.2, 0) is 21.4 Å². The third kappa shape index (κ3) is 6.72. The molecule has 0 fully saturated rings. The van der Waals surface area contributed by atoms with Crippen LogP contribution in [0, 0.1) is 12.7 Å². The molecule has 6 rings (SSSR count). The fraction of sp³-hybridized carbons (Fsp3) is 0.250. The van der Waals surface area contributed by atoms with E-state index in [9.17, 15) is 17.6 Å². The van der Waals surface area contributed by atoms with Crippen molar-refractivity contribution in [2.45, 2.75) is 32.2 Å². The molecule has 3 heterocycles. The summed E-state index contributed by atoms with van der Waals surface area (Å²) in [5.41, 5.74) is 4.97. The Morgan fingerprint density at radius 2 is 1.69 bits per heavy atom. The van der Waals surface area contributed by atoms with Gasteiger partial charge in [0, 0.05) is 73.5 Å². The van der Waals surface area contributed by atoms with E-state index in [1.807, 2.05) is 57.9 Å². The number of halogens is 1. The first-order chi connectivity index (χ1) is 23.3. The van der Waals surface area contributed by atoms with Gasteiger partial charge in [-0.2, -0.15) is 4.98 Å². The van der Waals surface area contributed by atoms with Crippen LogP contribution in [0.3, 0.4) is 0 Å². The van der Waals surface area contributed by atoms with Crippen molar-refractivity contribution in [3.8, 4) is 11.3 Å². The number of carbonyl (C=O) groups excluding carboxylic acids is 1. The van der Waals surface area contributed by atoms with Gasteiger partial charge in [-0.15, -0.1) is 0 Å². The Hall–Kier alpha value is -5.27. The third-order valence-corrected chi connectivity index (χ3v) is 10.1. The fourth-order valence-electron chi connectivity index (χ4n) is 5.83. The van der Waals surface area contributed by atoms with Gasteiger partial charge in [0.1, 0.15) is 5.82 Å². The summed E-state index contributed by atoms with van der Waals surface area (Å²) >= 11 is 0. The minimum absolute atomic E-state index is 0.115. The van der Waals surface area contributed by atoms with E-state index in [1.165, 1.54) is 25.3 Å². The van der Waals surface area contributed by atoms with E-state index in [1.54, 1.807) is 42.5 Å². The van der Waals surface area contributed by atoms with Crippen LogP contribution in [0.25, 0.3) is 33.2 Å². The average Bonchev–Trinajstić information content (AvgIpc) is 3.65. The van der Waals surface area contributed by atoms with Crippen molar-refractivity contribution in [2.75, 3.05) is 49.8 Å². The molecule has 0 bridgehead atoms. The molecule has 3 aromatic heterocycles. The van der Waals surface area contributed by atoms with E-state index in [2.05, 4.69) is 20.4 Å². The summed E-state index contributed by atoms with van der Waals surface area (Å²) in [4.78, 5) is 26.1. The SMILES string of the molecule is CCn1cc(-c2nc(Nc3ccc(N(C)CCN(C)C)c(NC(C)=O)c3)nc3c2ccn3S(=O)(=O)c2ccc(C)cc2)c2cc(F)ccc21. The number of nitrogens with zero attached hydrogens (tertiary/aromatic N) is 6. The van der Waals surface area contributed by atoms with Crippen LogP contribution in [0.1, 0.15) is 19.4 Å². The van der Waals surface area contributed by atoms with Crippen molar-refractivity contribution in [1.82, 2.24) is 23.4 Å². The Bertz CT molecular complexity index is 2300. The lowest BCUT2D eigenvalue weighted by Gasteiger charge is -2.24. The topological polar surface area (TPSA) is 117 Å². The number of nitrogens with one attached hydrogen (secondary N) is 2. The number of hydrogen-bond donors (Lipinski definition) is 2. The number of hydrogen-bond acceptors (Lipinski definition) is 8. The van der Waals surface area contributed by atoms with Gasteiger partial charge in [0.25, 0.3) is 10.0 Å². The first kappa shape index (κ1) is 33.6. The van der Waals surface area contributed by atoms with E-state index >= 15 is 0 Å². The highest BCUT2D eigenvalue weighted by atomic mass is 32.2. The zero-order chi connectivity index (χ0) is 35.0. The number of aryl methyl sites for hydroxylation is 2. The van der Waals surface area contributed by atoms with Crippen LogP contribution >= 0.6 is 0 Å². The molecule has 0 saturated heterocycles. The number of anilines is 4. The summed E-state index contributed by atoms with van der Waals surface area (Å²) in [6.45, 7) is 7.51. The average molecular weight is 683 g/mol. The van der Waals surface area contributed by atoms with Crippen LogP contribution in [0.5, 0.6) is 0 Å². The molecule has 254 valence electrons. The van der Waals surface area contributed by atoms with Gasteiger partial charge in [0.2, 0.25) is 11.9 Å². The first-order valence-corrected chi connectivity index (χ1v) is 17.3. The Balaban J connectivity index is 1.53. The Labute approximate surface area is 285 Å². The highest BCUT2D eigenvalue weighted by Gasteiger charge is 2.24. The molecule has 49 heavy (non-hydrogen) atoms. The van der Waals surface area contributed by atoms with Crippen LogP contribution in [0.4, 0.5) is 27.4 Å². The van der Waals surface area contributed by atoms with Gasteiger partial charge in [-0.1, -0.05) is 17.7 Å². The molecule has 3 aromatic carbocycles. The van der Waals surface area contributed by atoms with E-state index in [0.717, 1.165) is 33.8 Å². The van der Waals surface area contributed by atoms with E-state index < -0.39 is 15.8 Å². The van der Waals surface area contributed by atoms with Crippen molar-refractivity contribution in [3.63, 3.8) is 0 Å². The number of aromatic nitrogens is 4. The molecule has 0 aliphatic rings. The second-order valence-electron chi connectivity index (χ2n) is 12.3. The number of benzene rings is 3. The molecule has 0 atom stereocenters. The summed E-state index contributed by atoms with van der Waals surface area (Å²) < 4.78 is 45.7. The van der Waals surface area contributed by atoms with Crippen LogP contribution in [0.15, 0.2) is 84.0 Å². The number of likely N-dealkylation sites (N-methyl/N-ethyl adjacent to an activating group) is 2. The predicted octanol–water partition coefficient (Wildman–Crippen LogP) is 6.46. The monoisotopic (exact) mass is 682 g/mol. The number of carbonyl (C=O) groups is 1. The summed E-state index contributed by atoms with van der Waals surface area (Å²) in [6, 6.07) is 18.4. The Morgan fingerprint density at radius 3 is 2.39 bits per heavy atom. The van der Waals surface area contributed by atoms with Crippen molar-refractivity contribution < 1.29 is 17.6 Å². The maximum absolute atomic E-state index is 14.6. The summed E-state index contributed by atoms with van der Waals surface area (Å²) in [6.07, 6.45) is 3.36. The Morgan fingerprint density at radius 1 is 0.939 bits per heavy atom. The van der Waals surface area contributed by atoms with Gasteiger partial charge in [0.15, 0.2) is 5.65 Å². The number of fused-ring (bicyclic) bond motifs is 2. The number of rotatable bonds is 11. The lowest BCUT2D eigenvalue weighted by atomic mass is 10.1. The quantitative estimate of drug-likeness (QED) is 0.160. The molecule has 0 aliphatic carbocycles. The molecule has 13 heteroatoms. The lowest BCUT2D eigenvalue weighted by Crippen LogP contribution is -2.29. The molecular weight excluding hydrogens is 644 g/mol. The van der Waals surface area contributed by atoms with Gasteiger partial charge in [0.05, 0.1) is 22.0 Å². The second kappa shape index (κ2) is 13.3. The maximum atomic E-state index is 14.6. The van der Waals surface area contributed by atoms with Gasteiger partial charge >= 0.3 is 0 Å². The molecule has 0 radical (unpaired) electrons. The molecular formula is C36H39FN8O3S. The number of amides is 1. The van der Waals surface area contributed by atoms with E-state index in [4.69, 9.17) is 9.97 Å². The minimum atomic E-state index is -4.05. The molecule has 0 aliphatic heterocycles. The second-order valence-corrected chi connectivity index (χ2v) is 14.1. The van der Waals surface area contributed by atoms with Gasteiger partial charge < -0.3 is 25.0 Å². The summed E-state index contributed by atoms with van der Waals surface area (Å²) in [5.74, 6) is -0.497. The van der Waals surface area contributed by atoms with E-state index in [0.29, 0.717) is 39.9 Å². The fourth-order valence-corrected chi connectivity index (χ4v) is 7.12. The smallest absolute Gasteiger partial charge is 0.269 e. The first-order valence-electron chi connectivity index (χ1n) is 15.9. The van der Waals surface area contributed by atoms with Crippen molar-refractivity contribution >= 4 is 60.9 Å².